The molecule has 0 fully saturated rings. The van der Waals surface area contributed by atoms with Crippen molar-refractivity contribution in [2.75, 3.05) is 23.9 Å². The Morgan fingerprint density at radius 2 is 2.35 bits per heavy atom. The van der Waals surface area contributed by atoms with Crippen LogP contribution in [-0.2, 0) is 0 Å². The lowest BCUT2D eigenvalue weighted by Gasteiger charge is -2.12. The van der Waals surface area contributed by atoms with Crippen LogP contribution in [0.1, 0.15) is 6.92 Å². The summed E-state index contributed by atoms with van der Waals surface area (Å²) in [6.07, 6.45) is 2.12. The van der Waals surface area contributed by atoms with E-state index in [4.69, 9.17) is 11.6 Å². The molecule has 17 heavy (non-hydrogen) atoms. The maximum atomic E-state index is 5.90. The van der Waals surface area contributed by atoms with Crippen molar-refractivity contribution in [3.8, 4) is 0 Å². The molecule has 0 aliphatic heterocycles. The van der Waals surface area contributed by atoms with Crippen LogP contribution < -0.4 is 5.32 Å². The highest BCUT2D eigenvalue weighted by molar-refractivity contribution is 7.98. The van der Waals surface area contributed by atoms with Crippen molar-refractivity contribution in [1.29, 1.82) is 0 Å². The summed E-state index contributed by atoms with van der Waals surface area (Å²) in [5, 5.41) is 6.72. The molecule has 92 valence electrons. The number of rotatable bonds is 5. The van der Waals surface area contributed by atoms with Crippen molar-refractivity contribution in [2.45, 2.75) is 6.92 Å². The molecule has 2 rings (SSSR count). The number of anilines is 1. The number of fused-ring (bicyclic) bond motifs is 1. The average Bonchev–Trinajstić information content (AvgIpc) is 2.74. The maximum absolute atomic E-state index is 5.90. The first-order valence-electron chi connectivity index (χ1n) is 5.34. The lowest BCUT2D eigenvalue weighted by atomic mass is 10.2. The van der Waals surface area contributed by atoms with Gasteiger partial charge in [-0.05, 0) is 41.0 Å². The molecule has 2 aromatic rings. The summed E-state index contributed by atoms with van der Waals surface area (Å²) in [6, 6.07) is 2.03. The number of thioether (sulfide) groups is 1. The number of aromatic nitrogens is 2. The van der Waals surface area contributed by atoms with E-state index in [1.807, 2.05) is 23.2 Å². The van der Waals surface area contributed by atoms with Gasteiger partial charge in [0.05, 0.1) is 5.39 Å². The van der Waals surface area contributed by atoms with E-state index in [1.165, 1.54) is 0 Å². The molecule has 1 atom stereocenters. The van der Waals surface area contributed by atoms with E-state index in [0.29, 0.717) is 11.2 Å². The first-order chi connectivity index (χ1) is 8.20. The molecular formula is C11H14ClN3S2. The minimum Gasteiger partial charge on any atom is -0.369 e. The standard InChI is InChI=1S/C11H14ClN3S2/c1-7(6-16-2)5-13-9-8-3-4-17-10(8)15-11(12)14-9/h3-4,7H,5-6H2,1-2H3,(H,13,14,15). The summed E-state index contributed by atoms with van der Waals surface area (Å²) in [4.78, 5) is 9.37. The lowest BCUT2D eigenvalue weighted by molar-refractivity contribution is 0.700. The normalized spacial score (nSPS) is 12.9. The number of thiophene rings is 1. The molecule has 2 heterocycles. The Kier molecular flexibility index (Phi) is 4.48. The smallest absolute Gasteiger partial charge is 0.225 e. The summed E-state index contributed by atoms with van der Waals surface area (Å²) in [5.74, 6) is 2.58. The zero-order valence-electron chi connectivity index (χ0n) is 9.74. The van der Waals surface area contributed by atoms with E-state index in [9.17, 15) is 0 Å². The quantitative estimate of drug-likeness (QED) is 0.850. The fourth-order valence-corrected chi connectivity index (χ4v) is 3.25. The topological polar surface area (TPSA) is 37.8 Å². The molecule has 0 aliphatic rings. The van der Waals surface area contributed by atoms with Crippen LogP contribution in [0.5, 0.6) is 0 Å². The SMILES string of the molecule is CSCC(C)CNc1nc(Cl)nc2sccc12. The number of halogens is 1. The molecule has 3 nitrogen and oxygen atoms in total. The molecule has 2 aromatic heterocycles. The lowest BCUT2D eigenvalue weighted by Crippen LogP contribution is -2.14. The molecular weight excluding hydrogens is 274 g/mol. The maximum Gasteiger partial charge on any atom is 0.225 e. The van der Waals surface area contributed by atoms with Gasteiger partial charge in [-0.2, -0.15) is 11.8 Å². The van der Waals surface area contributed by atoms with Crippen molar-refractivity contribution in [3.05, 3.63) is 16.7 Å². The van der Waals surface area contributed by atoms with Crippen molar-refractivity contribution in [2.24, 2.45) is 5.92 Å². The third-order valence-corrected chi connectivity index (χ3v) is 4.24. The number of hydrogen-bond donors (Lipinski definition) is 1. The second-order valence-corrected chi connectivity index (χ2v) is 6.07. The average molecular weight is 288 g/mol. The van der Waals surface area contributed by atoms with Gasteiger partial charge in [0.1, 0.15) is 10.6 Å². The van der Waals surface area contributed by atoms with Crippen LogP contribution in [0.25, 0.3) is 10.2 Å². The van der Waals surface area contributed by atoms with Crippen LogP contribution in [0, 0.1) is 5.92 Å². The van der Waals surface area contributed by atoms with Crippen molar-refractivity contribution >= 4 is 50.7 Å². The van der Waals surface area contributed by atoms with E-state index in [1.54, 1.807) is 11.3 Å². The van der Waals surface area contributed by atoms with Gasteiger partial charge in [-0.1, -0.05) is 6.92 Å². The summed E-state index contributed by atoms with van der Waals surface area (Å²) >= 11 is 9.33. The monoisotopic (exact) mass is 287 g/mol. The summed E-state index contributed by atoms with van der Waals surface area (Å²) < 4.78 is 0. The molecule has 0 radical (unpaired) electrons. The molecule has 0 saturated heterocycles. The molecule has 0 amide bonds. The van der Waals surface area contributed by atoms with E-state index >= 15 is 0 Å². The zero-order valence-corrected chi connectivity index (χ0v) is 12.1. The number of nitrogens with zero attached hydrogens (tertiary/aromatic N) is 2. The van der Waals surface area contributed by atoms with Gasteiger partial charge < -0.3 is 5.32 Å². The third kappa shape index (κ3) is 3.24. The second-order valence-electron chi connectivity index (χ2n) is 3.92. The van der Waals surface area contributed by atoms with E-state index in [-0.39, 0.29) is 0 Å². The molecule has 0 aromatic carbocycles. The number of nitrogens with one attached hydrogen (secondary N) is 1. The minimum absolute atomic E-state index is 0.306. The van der Waals surface area contributed by atoms with Gasteiger partial charge in [-0.3, -0.25) is 0 Å². The highest BCUT2D eigenvalue weighted by Crippen LogP contribution is 2.26. The molecule has 0 spiro atoms. The molecule has 0 saturated carbocycles. The van der Waals surface area contributed by atoms with Gasteiger partial charge in [-0.15, -0.1) is 11.3 Å². The number of hydrogen-bond acceptors (Lipinski definition) is 5. The van der Waals surface area contributed by atoms with E-state index in [2.05, 4.69) is 28.5 Å². The van der Waals surface area contributed by atoms with Gasteiger partial charge in [-0.25, -0.2) is 9.97 Å². The second kappa shape index (κ2) is 5.89. The molecule has 1 N–H and O–H groups in total. The van der Waals surface area contributed by atoms with Crippen LogP contribution in [0.3, 0.4) is 0 Å². The highest BCUT2D eigenvalue weighted by atomic mass is 35.5. The van der Waals surface area contributed by atoms with E-state index in [0.717, 1.165) is 28.3 Å². The van der Waals surface area contributed by atoms with Crippen LogP contribution in [-0.4, -0.2) is 28.5 Å². The Morgan fingerprint density at radius 1 is 1.53 bits per heavy atom. The fourth-order valence-electron chi connectivity index (χ4n) is 1.58. The summed E-state index contributed by atoms with van der Waals surface area (Å²) in [5.41, 5.74) is 0. The Bertz CT molecular complexity index is 500. The van der Waals surface area contributed by atoms with E-state index < -0.39 is 0 Å². The van der Waals surface area contributed by atoms with Gasteiger partial charge in [0, 0.05) is 6.54 Å². The highest BCUT2D eigenvalue weighted by Gasteiger charge is 2.08. The van der Waals surface area contributed by atoms with Crippen LogP contribution >= 0.6 is 34.7 Å². The Balaban J connectivity index is 2.14. The Morgan fingerprint density at radius 3 is 3.12 bits per heavy atom. The van der Waals surface area contributed by atoms with Crippen molar-refractivity contribution < 1.29 is 0 Å². The summed E-state index contributed by atoms with van der Waals surface area (Å²) in [7, 11) is 0. The largest absolute Gasteiger partial charge is 0.369 e. The van der Waals surface area contributed by atoms with Gasteiger partial charge in [0.25, 0.3) is 0 Å². The first kappa shape index (κ1) is 12.9. The predicted octanol–water partition coefficient (Wildman–Crippen LogP) is 3.76. The molecule has 1 unspecified atom stereocenters. The summed E-state index contributed by atoms with van der Waals surface area (Å²) in [6.45, 7) is 3.12. The van der Waals surface area contributed by atoms with Gasteiger partial charge in [0.15, 0.2) is 0 Å². The third-order valence-electron chi connectivity index (χ3n) is 2.37. The fraction of sp³-hybridized carbons (Fsp3) is 0.455. The van der Waals surface area contributed by atoms with Crippen LogP contribution in [0.15, 0.2) is 11.4 Å². The Labute approximate surface area is 114 Å². The zero-order chi connectivity index (χ0) is 12.3. The van der Waals surface area contributed by atoms with Gasteiger partial charge >= 0.3 is 0 Å². The molecule has 6 heteroatoms. The van der Waals surface area contributed by atoms with Gasteiger partial charge in [0.2, 0.25) is 5.28 Å². The van der Waals surface area contributed by atoms with Crippen molar-refractivity contribution in [1.82, 2.24) is 9.97 Å². The Hall–Kier alpha value is -0.520. The first-order valence-corrected chi connectivity index (χ1v) is 7.99. The predicted molar refractivity (Wildman–Crippen MR) is 78.5 cm³/mol. The van der Waals surface area contributed by atoms with Crippen molar-refractivity contribution in [3.63, 3.8) is 0 Å². The molecule has 0 aliphatic carbocycles. The van der Waals surface area contributed by atoms with Crippen LogP contribution in [0.4, 0.5) is 5.82 Å². The minimum atomic E-state index is 0.306. The molecule has 0 bridgehead atoms. The van der Waals surface area contributed by atoms with Crippen LogP contribution in [0.2, 0.25) is 5.28 Å².